The largest absolute Gasteiger partial charge is 0.505 e. The van der Waals surface area contributed by atoms with E-state index in [0.717, 1.165) is 6.33 Å². The summed E-state index contributed by atoms with van der Waals surface area (Å²) in [5.74, 6) is -0.845. The number of hydrogen-bond donors (Lipinski definition) is 2. The van der Waals surface area contributed by atoms with E-state index in [9.17, 15) is 9.90 Å². The molecule has 0 aliphatic carbocycles. The van der Waals surface area contributed by atoms with Gasteiger partial charge in [-0.15, -0.1) is 0 Å². The van der Waals surface area contributed by atoms with E-state index in [1.54, 1.807) is 0 Å². The average molecular weight is 285 g/mol. The van der Waals surface area contributed by atoms with Crippen LogP contribution in [0, 0.1) is 0 Å². The lowest BCUT2D eigenvalue weighted by molar-refractivity contribution is 0.101. The summed E-state index contributed by atoms with van der Waals surface area (Å²) in [5, 5.41) is 11.9. The molecule has 0 aliphatic heterocycles. The highest BCUT2D eigenvalue weighted by molar-refractivity contribution is 6.43. The van der Waals surface area contributed by atoms with Crippen molar-refractivity contribution in [2.45, 2.75) is 0 Å². The second-order valence-corrected chi connectivity index (χ2v) is 3.89. The van der Waals surface area contributed by atoms with E-state index in [1.165, 1.54) is 18.3 Å². The fourth-order valence-electron chi connectivity index (χ4n) is 1.17. The van der Waals surface area contributed by atoms with Crippen molar-refractivity contribution in [3.8, 4) is 5.75 Å². The number of nitrogens with one attached hydrogen (secondary N) is 1. The van der Waals surface area contributed by atoms with E-state index >= 15 is 0 Å². The Morgan fingerprint density at radius 2 is 2.06 bits per heavy atom. The second-order valence-electron chi connectivity index (χ2n) is 3.15. The Labute approximate surface area is 112 Å². The molecular weight excluding hydrogens is 279 g/mol. The van der Waals surface area contributed by atoms with Crippen molar-refractivity contribution in [2.24, 2.45) is 0 Å². The van der Waals surface area contributed by atoms with E-state index in [2.05, 4.69) is 20.3 Å². The Kier molecular flexibility index (Phi) is 3.59. The normalized spacial score (nSPS) is 10.1. The van der Waals surface area contributed by atoms with Gasteiger partial charge < -0.3 is 10.4 Å². The molecular formula is C10H6Cl2N4O2. The molecule has 0 saturated heterocycles. The predicted octanol–water partition coefficient (Wildman–Crippen LogP) is 2.14. The highest BCUT2D eigenvalue weighted by Crippen LogP contribution is 2.26. The highest BCUT2D eigenvalue weighted by Gasteiger charge is 2.15. The molecule has 0 saturated carbocycles. The Balaban J connectivity index is 2.27. The number of aromatic nitrogens is 3. The van der Waals surface area contributed by atoms with Crippen molar-refractivity contribution in [2.75, 3.05) is 5.32 Å². The van der Waals surface area contributed by atoms with Crippen molar-refractivity contribution in [1.82, 2.24) is 15.0 Å². The minimum atomic E-state index is -0.648. The van der Waals surface area contributed by atoms with Gasteiger partial charge in [0.2, 0.25) is 0 Å². The molecule has 92 valence electrons. The first-order valence-corrected chi connectivity index (χ1v) is 5.46. The van der Waals surface area contributed by atoms with Crippen LogP contribution in [-0.4, -0.2) is 26.0 Å². The van der Waals surface area contributed by atoms with Crippen LogP contribution in [0.1, 0.15) is 10.5 Å². The third-order valence-corrected chi connectivity index (χ3v) is 2.72. The van der Waals surface area contributed by atoms with Gasteiger partial charge in [-0.3, -0.25) is 4.79 Å². The third kappa shape index (κ3) is 2.49. The van der Waals surface area contributed by atoms with Gasteiger partial charge in [0.25, 0.3) is 5.91 Å². The number of carbonyl (C=O) groups is 1. The molecule has 2 N–H and O–H groups in total. The summed E-state index contributed by atoms with van der Waals surface area (Å²) < 4.78 is 0. The van der Waals surface area contributed by atoms with Crippen molar-refractivity contribution < 1.29 is 9.90 Å². The highest BCUT2D eigenvalue weighted by atomic mass is 35.5. The van der Waals surface area contributed by atoms with Crippen LogP contribution < -0.4 is 5.32 Å². The molecule has 2 heterocycles. The van der Waals surface area contributed by atoms with E-state index < -0.39 is 5.91 Å². The smallest absolute Gasteiger partial charge is 0.279 e. The predicted molar refractivity (Wildman–Crippen MR) is 65.9 cm³/mol. The summed E-state index contributed by atoms with van der Waals surface area (Å²) in [5.41, 5.74) is -0.136. The molecule has 0 bridgehead atoms. The molecule has 0 radical (unpaired) electrons. The number of hydrogen-bond acceptors (Lipinski definition) is 5. The van der Waals surface area contributed by atoms with E-state index in [-0.39, 0.29) is 27.4 Å². The number of rotatable bonds is 2. The molecule has 2 aromatic heterocycles. The van der Waals surface area contributed by atoms with Crippen LogP contribution >= 0.6 is 23.2 Å². The number of pyridine rings is 1. The Morgan fingerprint density at radius 3 is 2.78 bits per heavy atom. The summed E-state index contributed by atoms with van der Waals surface area (Å²) >= 11 is 11.5. The number of nitrogens with zero attached hydrogens (tertiary/aromatic N) is 3. The number of halogens is 2. The number of carbonyl (C=O) groups excluding carboxylic acids is 1. The van der Waals surface area contributed by atoms with Gasteiger partial charge in [0.15, 0.2) is 16.7 Å². The van der Waals surface area contributed by atoms with Gasteiger partial charge in [0, 0.05) is 6.20 Å². The zero-order valence-corrected chi connectivity index (χ0v) is 10.3. The van der Waals surface area contributed by atoms with Gasteiger partial charge in [0.1, 0.15) is 17.1 Å². The first-order chi connectivity index (χ1) is 8.59. The lowest BCUT2D eigenvalue weighted by atomic mass is 10.3. The molecule has 0 aromatic carbocycles. The topological polar surface area (TPSA) is 88.0 Å². The van der Waals surface area contributed by atoms with E-state index in [1.807, 2.05) is 0 Å². The summed E-state index contributed by atoms with van der Waals surface area (Å²) in [7, 11) is 0. The molecule has 18 heavy (non-hydrogen) atoms. The molecule has 2 rings (SSSR count). The molecule has 1 amide bonds. The molecule has 0 aliphatic rings. The minimum Gasteiger partial charge on any atom is -0.505 e. The maximum atomic E-state index is 11.8. The third-order valence-electron chi connectivity index (χ3n) is 1.98. The van der Waals surface area contributed by atoms with Crippen molar-refractivity contribution in [1.29, 1.82) is 0 Å². The molecule has 0 spiro atoms. The maximum Gasteiger partial charge on any atom is 0.279 e. The first-order valence-electron chi connectivity index (χ1n) is 4.71. The van der Waals surface area contributed by atoms with Crippen LogP contribution in [0.5, 0.6) is 5.75 Å². The van der Waals surface area contributed by atoms with Crippen molar-refractivity contribution in [3.63, 3.8) is 0 Å². The summed E-state index contributed by atoms with van der Waals surface area (Å²) in [6.45, 7) is 0. The quantitative estimate of drug-likeness (QED) is 0.825. The first kappa shape index (κ1) is 12.5. The fraction of sp³-hybridized carbons (Fsp3) is 0. The second kappa shape index (κ2) is 5.16. The zero-order valence-electron chi connectivity index (χ0n) is 8.76. The monoisotopic (exact) mass is 284 g/mol. The van der Waals surface area contributed by atoms with Gasteiger partial charge in [-0.1, -0.05) is 23.2 Å². The van der Waals surface area contributed by atoms with Gasteiger partial charge in [-0.2, -0.15) is 0 Å². The fourth-order valence-corrected chi connectivity index (χ4v) is 1.45. The minimum absolute atomic E-state index is 0.0166. The van der Waals surface area contributed by atoms with Gasteiger partial charge in [-0.25, -0.2) is 15.0 Å². The Bertz CT molecular complexity index is 606. The van der Waals surface area contributed by atoms with Gasteiger partial charge in [-0.05, 0) is 12.1 Å². The summed E-state index contributed by atoms with van der Waals surface area (Å²) in [6, 6.07) is 2.84. The van der Waals surface area contributed by atoms with Crippen LogP contribution in [-0.2, 0) is 0 Å². The van der Waals surface area contributed by atoms with Crippen LogP contribution in [0.25, 0.3) is 0 Å². The Hall–Kier alpha value is -1.92. The maximum absolute atomic E-state index is 11.8. The summed E-state index contributed by atoms with van der Waals surface area (Å²) in [6.07, 6.45) is 2.53. The van der Waals surface area contributed by atoms with Crippen molar-refractivity contribution in [3.05, 3.63) is 40.5 Å². The molecule has 0 atom stereocenters. The molecule has 8 heteroatoms. The molecule has 2 aromatic rings. The zero-order chi connectivity index (χ0) is 13.1. The van der Waals surface area contributed by atoms with Crippen LogP contribution in [0.3, 0.4) is 0 Å². The number of aromatic hydroxyl groups is 1. The SMILES string of the molecule is O=C(Nc1ncnc(Cl)c1Cl)c1ncccc1O. The van der Waals surface area contributed by atoms with Crippen molar-refractivity contribution >= 4 is 34.9 Å². The standard InChI is InChI=1S/C10H6Cl2N4O2/c11-6-8(12)14-4-15-9(6)16-10(18)7-5(17)2-1-3-13-7/h1-4,17H,(H,14,15,16,18). The number of amides is 1. The molecule has 0 unspecified atom stereocenters. The number of anilines is 1. The van der Waals surface area contributed by atoms with Crippen LogP contribution in [0.4, 0.5) is 5.82 Å². The van der Waals surface area contributed by atoms with Crippen LogP contribution in [0.2, 0.25) is 10.2 Å². The lowest BCUT2D eigenvalue weighted by Gasteiger charge is -2.06. The Morgan fingerprint density at radius 1 is 1.28 bits per heavy atom. The molecule has 0 fully saturated rings. The van der Waals surface area contributed by atoms with E-state index in [4.69, 9.17) is 23.2 Å². The molecule has 6 nitrogen and oxygen atoms in total. The van der Waals surface area contributed by atoms with E-state index in [0.29, 0.717) is 0 Å². The van der Waals surface area contributed by atoms with Gasteiger partial charge >= 0.3 is 0 Å². The van der Waals surface area contributed by atoms with Crippen LogP contribution in [0.15, 0.2) is 24.7 Å². The van der Waals surface area contributed by atoms with Gasteiger partial charge in [0.05, 0.1) is 0 Å². The lowest BCUT2D eigenvalue weighted by Crippen LogP contribution is -2.15. The summed E-state index contributed by atoms with van der Waals surface area (Å²) in [4.78, 5) is 23.0. The average Bonchev–Trinajstić information content (AvgIpc) is 2.35.